The van der Waals surface area contributed by atoms with E-state index in [1.165, 1.54) is 6.42 Å². The zero-order valence-corrected chi connectivity index (χ0v) is 10.2. The second kappa shape index (κ2) is 3.25. The minimum absolute atomic E-state index is 0.0444. The van der Waals surface area contributed by atoms with E-state index < -0.39 is 11.7 Å². The van der Waals surface area contributed by atoms with Gasteiger partial charge in [-0.25, -0.2) is 4.79 Å². The van der Waals surface area contributed by atoms with E-state index in [0.29, 0.717) is 5.92 Å². The number of carbonyl (C=O) groups is 1. The van der Waals surface area contributed by atoms with Crippen molar-refractivity contribution < 1.29 is 14.6 Å². The number of rotatable bonds is 2. The molecule has 1 unspecified atom stereocenters. The summed E-state index contributed by atoms with van der Waals surface area (Å²) in [6.45, 7) is 9.90. The average Bonchev–Trinajstić information content (AvgIpc) is 2.50. The molecule has 0 radical (unpaired) electrons. The number of hydrogen-bond donors (Lipinski definition) is 1. The summed E-state index contributed by atoms with van der Waals surface area (Å²) in [7, 11) is 0. The van der Waals surface area contributed by atoms with E-state index in [4.69, 9.17) is 9.84 Å². The molecule has 3 atom stereocenters. The molecule has 2 aliphatic carbocycles. The molecule has 2 fully saturated rings. The van der Waals surface area contributed by atoms with E-state index in [2.05, 4.69) is 27.4 Å². The van der Waals surface area contributed by atoms with Crippen LogP contribution in [0.2, 0.25) is 0 Å². The fourth-order valence-corrected chi connectivity index (χ4v) is 3.51. The molecule has 0 saturated heterocycles. The molecule has 0 spiro atoms. The summed E-state index contributed by atoms with van der Waals surface area (Å²) in [6.07, 6.45) is 3.17. The summed E-state index contributed by atoms with van der Waals surface area (Å²) in [5.41, 5.74) is 0.261. The van der Waals surface area contributed by atoms with Crippen LogP contribution in [0.25, 0.3) is 0 Å². The highest BCUT2D eigenvalue weighted by Gasteiger charge is 2.62. The highest BCUT2D eigenvalue weighted by molar-refractivity contribution is 5.85. The van der Waals surface area contributed by atoms with Crippen LogP contribution in [0.4, 0.5) is 0 Å². The van der Waals surface area contributed by atoms with E-state index in [0.717, 1.165) is 12.8 Å². The van der Waals surface area contributed by atoms with Crippen LogP contribution in [0, 0.1) is 16.7 Å². The van der Waals surface area contributed by atoms with Gasteiger partial charge in [0.1, 0.15) is 6.10 Å². The van der Waals surface area contributed by atoms with Gasteiger partial charge in [0.15, 0.2) is 5.76 Å². The molecule has 2 aliphatic rings. The zero-order chi connectivity index (χ0) is 12.1. The van der Waals surface area contributed by atoms with E-state index >= 15 is 0 Å². The molecule has 1 N–H and O–H groups in total. The van der Waals surface area contributed by atoms with Crippen molar-refractivity contribution in [2.75, 3.05) is 0 Å². The molecular formula is C13H20O3. The molecule has 3 nitrogen and oxygen atoms in total. The molecule has 0 aromatic heterocycles. The predicted molar refractivity (Wildman–Crippen MR) is 60.9 cm³/mol. The first kappa shape index (κ1) is 11.5. The van der Waals surface area contributed by atoms with Gasteiger partial charge in [0.2, 0.25) is 0 Å². The molecule has 2 bridgehead atoms. The average molecular weight is 224 g/mol. The van der Waals surface area contributed by atoms with Crippen molar-refractivity contribution in [2.45, 2.75) is 46.1 Å². The number of esters is 1. The maximum Gasteiger partial charge on any atom is 0.373 e. The first-order valence-corrected chi connectivity index (χ1v) is 5.88. The third kappa shape index (κ3) is 1.30. The molecule has 0 aromatic carbocycles. The molecule has 90 valence electrons. The van der Waals surface area contributed by atoms with E-state index in [9.17, 15) is 4.79 Å². The van der Waals surface area contributed by atoms with Gasteiger partial charge >= 0.3 is 5.97 Å². The van der Waals surface area contributed by atoms with Crippen LogP contribution in [0.5, 0.6) is 0 Å². The quantitative estimate of drug-likeness (QED) is 0.445. The van der Waals surface area contributed by atoms with Crippen molar-refractivity contribution in [2.24, 2.45) is 16.7 Å². The van der Waals surface area contributed by atoms with Gasteiger partial charge in [0.05, 0.1) is 0 Å². The van der Waals surface area contributed by atoms with E-state index in [-0.39, 0.29) is 16.9 Å². The lowest BCUT2D eigenvalue weighted by atomic mass is 9.70. The number of aliphatic hydroxyl groups excluding tert-OH is 1. The monoisotopic (exact) mass is 224 g/mol. The Labute approximate surface area is 96.5 Å². The number of carbonyl (C=O) groups excluding carboxylic acids is 1. The Kier molecular flexibility index (Phi) is 2.34. The van der Waals surface area contributed by atoms with Crippen molar-refractivity contribution in [1.82, 2.24) is 0 Å². The molecule has 3 heteroatoms. The Balaban J connectivity index is 2.16. The van der Waals surface area contributed by atoms with Crippen molar-refractivity contribution in [1.29, 1.82) is 0 Å². The van der Waals surface area contributed by atoms with Gasteiger partial charge in [-0.1, -0.05) is 20.8 Å². The highest BCUT2D eigenvalue weighted by Crippen LogP contribution is 2.66. The first-order chi connectivity index (χ1) is 7.29. The van der Waals surface area contributed by atoms with Crippen LogP contribution >= 0.6 is 0 Å². The summed E-state index contributed by atoms with van der Waals surface area (Å²) < 4.78 is 5.36. The molecular weight excluding hydrogens is 204 g/mol. The third-order valence-electron chi connectivity index (χ3n) is 5.20. The number of aliphatic hydroxyl groups is 1. The fourth-order valence-electron chi connectivity index (χ4n) is 3.51. The van der Waals surface area contributed by atoms with Crippen molar-refractivity contribution >= 4 is 5.97 Å². The van der Waals surface area contributed by atoms with Crippen LogP contribution in [0.1, 0.15) is 40.0 Å². The summed E-state index contributed by atoms with van der Waals surface area (Å²) >= 11 is 0. The van der Waals surface area contributed by atoms with Crippen LogP contribution < -0.4 is 0 Å². The van der Waals surface area contributed by atoms with E-state index in [1.807, 2.05) is 0 Å². The van der Waals surface area contributed by atoms with Gasteiger partial charge in [-0.3, -0.25) is 0 Å². The Bertz CT molecular complexity index is 345. The second-order valence-corrected chi connectivity index (χ2v) is 5.95. The van der Waals surface area contributed by atoms with Crippen LogP contribution in [-0.2, 0) is 9.53 Å². The normalized spacial score (nSPS) is 39.7. The number of hydrogen-bond acceptors (Lipinski definition) is 3. The molecule has 0 aliphatic heterocycles. The topological polar surface area (TPSA) is 46.5 Å². The van der Waals surface area contributed by atoms with Gasteiger partial charge in [0, 0.05) is 5.41 Å². The maximum atomic E-state index is 11.4. The Morgan fingerprint density at radius 1 is 1.44 bits per heavy atom. The van der Waals surface area contributed by atoms with Gasteiger partial charge in [-0.05, 0) is 37.2 Å². The van der Waals surface area contributed by atoms with Crippen molar-refractivity contribution in [3.05, 3.63) is 12.3 Å². The Hall–Kier alpha value is -0.990. The molecule has 0 amide bonds. The van der Waals surface area contributed by atoms with Crippen molar-refractivity contribution in [3.8, 4) is 0 Å². The molecule has 0 aromatic rings. The standard InChI is InChI=1S/C13H20O3/c1-8(14)11(15)16-10-7-9-5-6-13(10,4)12(9,2)3/h9-10,14H,1,5-7H2,2-4H3/t9-,10?,13-/m1/s1. The Morgan fingerprint density at radius 2 is 2.06 bits per heavy atom. The van der Waals surface area contributed by atoms with Crippen LogP contribution in [-0.4, -0.2) is 17.2 Å². The summed E-state index contributed by atoms with van der Waals surface area (Å²) in [5.74, 6) is -0.541. The van der Waals surface area contributed by atoms with Gasteiger partial charge < -0.3 is 9.84 Å². The fraction of sp³-hybridized carbons (Fsp3) is 0.769. The predicted octanol–water partition coefficient (Wildman–Crippen LogP) is 2.82. The summed E-state index contributed by atoms with van der Waals surface area (Å²) in [4.78, 5) is 11.4. The Morgan fingerprint density at radius 3 is 2.44 bits per heavy atom. The molecule has 16 heavy (non-hydrogen) atoms. The SMILES string of the molecule is C=C(O)C(=O)OC1C[C@H]2CC[C@@]1(C)C2(C)C. The summed E-state index contributed by atoms with van der Waals surface area (Å²) in [6, 6.07) is 0. The maximum absolute atomic E-state index is 11.4. The van der Waals surface area contributed by atoms with Gasteiger partial charge in [-0.15, -0.1) is 0 Å². The lowest BCUT2D eigenvalue weighted by Crippen LogP contribution is -2.38. The van der Waals surface area contributed by atoms with Gasteiger partial charge in [-0.2, -0.15) is 0 Å². The van der Waals surface area contributed by atoms with E-state index in [1.54, 1.807) is 0 Å². The van der Waals surface area contributed by atoms with Crippen molar-refractivity contribution in [3.63, 3.8) is 0 Å². The van der Waals surface area contributed by atoms with Crippen LogP contribution in [0.15, 0.2) is 12.3 Å². The zero-order valence-electron chi connectivity index (χ0n) is 10.2. The lowest BCUT2D eigenvalue weighted by Gasteiger charge is -2.38. The summed E-state index contributed by atoms with van der Waals surface area (Å²) in [5, 5.41) is 9.00. The largest absolute Gasteiger partial charge is 0.502 e. The second-order valence-electron chi connectivity index (χ2n) is 5.95. The first-order valence-electron chi connectivity index (χ1n) is 5.88. The molecule has 2 rings (SSSR count). The number of fused-ring (bicyclic) bond motifs is 2. The minimum atomic E-state index is -0.672. The molecule has 2 saturated carbocycles. The lowest BCUT2D eigenvalue weighted by molar-refractivity contribution is -0.155. The smallest absolute Gasteiger partial charge is 0.373 e. The number of ether oxygens (including phenoxy) is 1. The highest BCUT2D eigenvalue weighted by atomic mass is 16.6. The third-order valence-corrected chi connectivity index (χ3v) is 5.20. The molecule has 0 heterocycles. The van der Waals surface area contributed by atoms with Gasteiger partial charge in [0.25, 0.3) is 0 Å². The minimum Gasteiger partial charge on any atom is -0.502 e. The van der Waals surface area contributed by atoms with Crippen LogP contribution in [0.3, 0.4) is 0 Å².